The van der Waals surface area contributed by atoms with Crippen molar-refractivity contribution in [3.05, 3.63) is 27.3 Å². The van der Waals surface area contributed by atoms with Gasteiger partial charge >= 0.3 is 0 Å². The van der Waals surface area contributed by atoms with E-state index in [1.165, 1.54) is 27.0 Å². The number of hydrogen-bond donors (Lipinski definition) is 1. The number of amides is 1. The molecular weight excluding hydrogens is 288 g/mol. The Kier molecular flexibility index (Phi) is 3.14. The smallest absolute Gasteiger partial charge is 0.225 e. The second kappa shape index (κ2) is 4.60. The highest BCUT2D eigenvalue weighted by Crippen LogP contribution is 2.37. The van der Waals surface area contributed by atoms with Gasteiger partial charge in [0.2, 0.25) is 5.91 Å². The molecule has 3 nitrogen and oxygen atoms in total. The van der Waals surface area contributed by atoms with E-state index in [0.29, 0.717) is 11.4 Å². The van der Waals surface area contributed by atoms with Gasteiger partial charge in [0.15, 0.2) is 0 Å². The SMILES string of the molecule is Cc1c(C)c(C)c2sc(C3CC(=O)NC3=S)nc2c1C. The van der Waals surface area contributed by atoms with E-state index in [1.807, 2.05) is 0 Å². The first kappa shape index (κ1) is 13.6. The van der Waals surface area contributed by atoms with Crippen LogP contribution in [0.1, 0.15) is 39.6 Å². The number of thiocarbonyl (C=S) groups is 1. The summed E-state index contributed by atoms with van der Waals surface area (Å²) in [7, 11) is 0. The first-order valence-electron chi connectivity index (χ1n) is 6.60. The van der Waals surface area contributed by atoms with Crippen LogP contribution in [0.4, 0.5) is 0 Å². The molecule has 2 aromatic rings. The minimum atomic E-state index is -0.0469. The summed E-state index contributed by atoms with van der Waals surface area (Å²) >= 11 is 6.93. The predicted molar refractivity (Wildman–Crippen MR) is 86.7 cm³/mol. The van der Waals surface area contributed by atoms with Crippen LogP contribution in [0, 0.1) is 27.7 Å². The molecule has 1 atom stereocenters. The number of thiazole rings is 1. The molecule has 1 aliphatic heterocycles. The molecule has 1 fully saturated rings. The van der Waals surface area contributed by atoms with Gasteiger partial charge in [-0.05, 0) is 49.9 Å². The zero-order chi connectivity index (χ0) is 14.6. The Bertz CT molecular complexity index is 716. The summed E-state index contributed by atoms with van der Waals surface area (Å²) in [5, 5.41) is 3.68. The van der Waals surface area contributed by atoms with Gasteiger partial charge in [-0.2, -0.15) is 0 Å². The lowest BCUT2D eigenvalue weighted by Crippen LogP contribution is -2.19. The zero-order valence-corrected chi connectivity index (χ0v) is 13.6. The molecule has 0 radical (unpaired) electrons. The highest BCUT2D eigenvalue weighted by atomic mass is 32.1. The van der Waals surface area contributed by atoms with Gasteiger partial charge in [-0.3, -0.25) is 4.79 Å². The fourth-order valence-electron chi connectivity index (χ4n) is 2.66. The fraction of sp³-hybridized carbons (Fsp3) is 0.400. The van der Waals surface area contributed by atoms with Crippen molar-refractivity contribution in [3.63, 3.8) is 0 Å². The van der Waals surface area contributed by atoms with Gasteiger partial charge in [0, 0.05) is 6.42 Å². The minimum Gasteiger partial charge on any atom is -0.320 e. The zero-order valence-electron chi connectivity index (χ0n) is 12.0. The molecule has 1 aromatic heterocycles. The molecule has 0 bridgehead atoms. The van der Waals surface area contributed by atoms with Crippen LogP contribution in [0.5, 0.6) is 0 Å². The molecule has 104 valence electrons. The van der Waals surface area contributed by atoms with Crippen LogP contribution in [0.15, 0.2) is 0 Å². The number of carbonyl (C=O) groups excluding carboxylic acids is 1. The standard InChI is InChI=1S/C15H16N2OS2/c1-6-7(2)9(4)13-12(8(6)3)17-15(20-13)10-5-11(18)16-14(10)19/h10H,5H2,1-4H3,(H,16,18,19). The Balaban J connectivity index is 2.21. The van der Waals surface area contributed by atoms with Crippen LogP contribution in [-0.4, -0.2) is 15.9 Å². The van der Waals surface area contributed by atoms with Crippen LogP contribution < -0.4 is 5.32 Å². The van der Waals surface area contributed by atoms with Crippen LogP contribution in [0.25, 0.3) is 10.2 Å². The summed E-state index contributed by atoms with van der Waals surface area (Å²) in [6.07, 6.45) is 0.425. The Morgan fingerprint density at radius 1 is 1.15 bits per heavy atom. The fourth-order valence-corrected chi connectivity index (χ4v) is 4.33. The largest absolute Gasteiger partial charge is 0.320 e. The molecule has 1 amide bonds. The topological polar surface area (TPSA) is 42.0 Å². The molecule has 0 aliphatic carbocycles. The van der Waals surface area contributed by atoms with Crippen molar-refractivity contribution >= 4 is 44.7 Å². The number of benzene rings is 1. The molecule has 1 aliphatic rings. The highest BCUT2D eigenvalue weighted by molar-refractivity contribution is 7.80. The molecule has 3 rings (SSSR count). The van der Waals surface area contributed by atoms with Gasteiger partial charge in [-0.15, -0.1) is 11.3 Å². The molecule has 20 heavy (non-hydrogen) atoms. The lowest BCUT2D eigenvalue weighted by atomic mass is 9.98. The number of aryl methyl sites for hydroxylation is 2. The minimum absolute atomic E-state index is 0.0000566. The molecule has 1 aromatic carbocycles. The van der Waals surface area contributed by atoms with Crippen molar-refractivity contribution in [2.45, 2.75) is 40.0 Å². The van der Waals surface area contributed by atoms with Crippen molar-refractivity contribution in [2.24, 2.45) is 0 Å². The summed E-state index contributed by atoms with van der Waals surface area (Å²) in [6, 6.07) is 0. The lowest BCUT2D eigenvalue weighted by Gasteiger charge is -2.09. The second-order valence-electron chi connectivity index (χ2n) is 5.40. The molecule has 2 heterocycles. The monoisotopic (exact) mass is 304 g/mol. The third-order valence-electron chi connectivity index (χ3n) is 4.29. The summed E-state index contributed by atoms with van der Waals surface area (Å²) in [4.78, 5) is 16.9. The van der Waals surface area contributed by atoms with Crippen LogP contribution in [0.2, 0.25) is 0 Å². The quantitative estimate of drug-likeness (QED) is 0.820. The summed E-state index contributed by atoms with van der Waals surface area (Å²) in [6.45, 7) is 8.55. The predicted octanol–water partition coefficient (Wildman–Crippen LogP) is 3.46. The Hall–Kier alpha value is -1.33. The first-order chi connectivity index (χ1) is 9.40. The maximum Gasteiger partial charge on any atom is 0.225 e. The van der Waals surface area contributed by atoms with Gasteiger partial charge in [0.1, 0.15) is 5.01 Å². The Labute approximate surface area is 127 Å². The molecule has 0 spiro atoms. The molecule has 1 N–H and O–H groups in total. The van der Waals surface area contributed by atoms with E-state index in [9.17, 15) is 4.79 Å². The van der Waals surface area contributed by atoms with E-state index >= 15 is 0 Å². The van der Waals surface area contributed by atoms with E-state index in [0.717, 1.165) is 10.5 Å². The van der Waals surface area contributed by atoms with Gasteiger partial charge < -0.3 is 5.32 Å². The summed E-state index contributed by atoms with van der Waals surface area (Å²) in [5.41, 5.74) is 6.21. The summed E-state index contributed by atoms with van der Waals surface area (Å²) in [5.74, 6) is -0.0469. The van der Waals surface area contributed by atoms with E-state index in [4.69, 9.17) is 17.2 Å². The van der Waals surface area contributed by atoms with Crippen molar-refractivity contribution in [1.29, 1.82) is 0 Å². The number of fused-ring (bicyclic) bond motifs is 1. The number of rotatable bonds is 1. The number of carbonyl (C=O) groups is 1. The van der Waals surface area contributed by atoms with E-state index in [1.54, 1.807) is 11.3 Å². The highest BCUT2D eigenvalue weighted by Gasteiger charge is 2.31. The molecule has 5 heteroatoms. The molecule has 1 saturated heterocycles. The van der Waals surface area contributed by atoms with Crippen LogP contribution in [0.3, 0.4) is 0 Å². The van der Waals surface area contributed by atoms with Gasteiger partial charge in [-0.1, -0.05) is 12.2 Å². The third kappa shape index (κ3) is 1.88. The number of hydrogen-bond acceptors (Lipinski definition) is 4. The average Bonchev–Trinajstić information content (AvgIpc) is 2.97. The number of nitrogens with one attached hydrogen (secondary N) is 1. The second-order valence-corrected chi connectivity index (χ2v) is 6.87. The Morgan fingerprint density at radius 2 is 1.80 bits per heavy atom. The van der Waals surface area contributed by atoms with Crippen molar-refractivity contribution in [1.82, 2.24) is 10.3 Å². The molecular formula is C15H16N2OS2. The van der Waals surface area contributed by atoms with E-state index in [-0.39, 0.29) is 11.8 Å². The van der Waals surface area contributed by atoms with Gasteiger partial charge in [0.05, 0.1) is 21.1 Å². The maximum atomic E-state index is 11.5. The maximum absolute atomic E-state index is 11.5. The van der Waals surface area contributed by atoms with Gasteiger partial charge in [0.25, 0.3) is 0 Å². The summed E-state index contributed by atoms with van der Waals surface area (Å²) < 4.78 is 1.22. The van der Waals surface area contributed by atoms with Crippen molar-refractivity contribution in [3.8, 4) is 0 Å². The number of nitrogens with zero attached hydrogens (tertiary/aromatic N) is 1. The first-order valence-corrected chi connectivity index (χ1v) is 7.83. The number of aromatic nitrogens is 1. The molecule has 1 unspecified atom stereocenters. The van der Waals surface area contributed by atoms with Crippen LogP contribution in [-0.2, 0) is 4.79 Å². The van der Waals surface area contributed by atoms with E-state index in [2.05, 4.69) is 33.0 Å². The Morgan fingerprint density at radius 3 is 2.40 bits per heavy atom. The molecule has 0 saturated carbocycles. The lowest BCUT2D eigenvalue weighted by molar-refractivity contribution is -0.118. The normalized spacial score (nSPS) is 18.9. The third-order valence-corrected chi connectivity index (χ3v) is 5.97. The average molecular weight is 304 g/mol. The van der Waals surface area contributed by atoms with Crippen molar-refractivity contribution < 1.29 is 4.79 Å². The van der Waals surface area contributed by atoms with E-state index < -0.39 is 0 Å². The van der Waals surface area contributed by atoms with Crippen LogP contribution >= 0.6 is 23.6 Å². The van der Waals surface area contributed by atoms with Crippen molar-refractivity contribution in [2.75, 3.05) is 0 Å². The van der Waals surface area contributed by atoms with Gasteiger partial charge in [-0.25, -0.2) is 4.98 Å².